The number of aromatic hydroxyl groups is 1. The van der Waals surface area contributed by atoms with Crippen LogP contribution in [0.3, 0.4) is 0 Å². The molecule has 1 heterocycles. The van der Waals surface area contributed by atoms with Crippen molar-refractivity contribution in [1.82, 2.24) is 5.32 Å². The van der Waals surface area contributed by atoms with Crippen LogP contribution >= 0.6 is 11.6 Å². The minimum absolute atomic E-state index is 0.229. The smallest absolute Gasteiger partial charge is 0.137 e. The summed E-state index contributed by atoms with van der Waals surface area (Å²) in [5.74, 6) is 0.936. The summed E-state index contributed by atoms with van der Waals surface area (Å²) in [6, 6.07) is 2.06. The molecule has 1 aromatic carbocycles. The fraction of sp³-hybridized carbons (Fsp3) is 0.538. The molecular formula is C13H18ClNO. The summed E-state index contributed by atoms with van der Waals surface area (Å²) in [5, 5.41) is 13.6. The Labute approximate surface area is 102 Å². The van der Waals surface area contributed by atoms with E-state index in [-0.39, 0.29) is 5.75 Å². The van der Waals surface area contributed by atoms with Crippen LogP contribution in [0.25, 0.3) is 0 Å². The molecule has 88 valence electrons. The Hall–Kier alpha value is -0.730. The fourth-order valence-electron chi connectivity index (χ4n) is 2.34. The van der Waals surface area contributed by atoms with E-state index >= 15 is 0 Å². The van der Waals surface area contributed by atoms with Crippen molar-refractivity contribution in [2.45, 2.75) is 26.7 Å². The molecule has 0 amide bonds. The van der Waals surface area contributed by atoms with Crippen molar-refractivity contribution in [2.24, 2.45) is 5.92 Å². The number of hydrogen-bond donors (Lipinski definition) is 2. The number of hydrogen-bond acceptors (Lipinski definition) is 2. The van der Waals surface area contributed by atoms with Gasteiger partial charge in [0.15, 0.2) is 0 Å². The average molecular weight is 240 g/mol. The molecule has 2 N–H and O–H groups in total. The Balaban J connectivity index is 2.26. The van der Waals surface area contributed by atoms with E-state index < -0.39 is 0 Å². The van der Waals surface area contributed by atoms with Crippen LogP contribution in [0.1, 0.15) is 23.1 Å². The minimum Gasteiger partial charge on any atom is -0.506 e. The van der Waals surface area contributed by atoms with Gasteiger partial charge in [0, 0.05) is 0 Å². The first-order valence-electron chi connectivity index (χ1n) is 5.78. The third kappa shape index (κ3) is 2.18. The van der Waals surface area contributed by atoms with Gasteiger partial charge in [0.2, 0.25) is 0 Å². The van der Waals surface area contributed by atoms with Crippen LogP contribution in [0.15, 0.2) is 6.07 Å². The van der Waals surface area contributed by atoms with Crippen LogP contribution in [0.2, 0.25) is 5.02 Å². The van der Waals surface area contributed by atoms with Crippen molar-refractivity contribution in [1.29, 1.82) is 0 Å². The number of halogens is 1. The molecule has 1 saturated heterocycles. The first kappa shape index (κ1) is 11.7. The normalized spacial score (nSPS) is 20.3. The molecule has 1 unspecified atom stereocenters. The number of nitrogens with one attached hydrogen (secondary N) is 1. The number of rotatable bonds is 2. The van der Waals surface area contributed by atoms with Crippen molar-refractivity contribution in [3.63, 3.8) is 0 Å². The lowest BCUT2D eigenvalue weighted by molar-refractivity contribution is 0.470. The number of aryl methyl sites for hydroxylation is 1. The van der Waals surface area contributed by atoms with E-state index in [1.165, 1.54) is 12.0 Å². The van der Waals surface area contributed by atoms with Gasteiger partial charge in [-0.2, -0.15) is 0 Å². The maximum Gasteiger partial charge on any atom is 0.137 e. The number of phenolic OH excluding ortho intramolecular Hbond substituents is 1. The van der Waals surface area contributed by atoms with E-state index in [9.17, 15) is 5.11 Å². The standard InChI is InChI=1S/C13H18ClNO/c1-8-5-11(6-10-3-4-15-7-10)9(2)12(14)13(8)16/h5,10,15-16H,3-4,6-7H2,1-2H3. The van der Waals surface area contributed by atoms with Gasteiger partial charge in [-0.3, -0.25) is 0 Å². The van der Waals surface area contributed by atoms with Gasteiger partial charge in [-0.05, 0) is 62.4 Å². The van der Waals surface area contributed by atoms with E-state index in [1.807, 2.05) is 13.8 Å². The van der Waals surface area contributed by atoms with Crippen LogP contribution in [0, 0.1) is 19.8 Å². The molecule has 1 aliphatic rings. The predicted molar refractivity (Wildman–Crippen MR) is 67.3 cm³/mol. The van der Waals surface area contributed by atoms with Gasteiger partial charge in [0.25, 0.3) is 0 Å². The van der Waals surface area contributed by atoms with Gasteiger partial charge in [0.05, 0.1) is 5.02 Å². The summed E-state index contributed by atoms with van der Waals surface area (Å²) >= 11 is 6.11. The van der Waals surface area contributed by atoms with Gasteiger partial charge in [-0.25, -0.2) is 0 Å². The summed E-state index contributed by atoms with van der Waals surface area (Å²) in [6.07, 6.45) is 2.29. The van der Waals surface area contributed by atoms with E-state index in [0.717, 1.165) is 30.6 Å². The molecule has 1 aromatic rings. The van der Waals surface area contributed by atoms with Crippen molar-refractivity contribution < 1.29 is 5.11 Å². The van der Waals surface area contributed by atoms with Crippen molar-refractivity contribution in [3.8, 4) is 5.75 Å². The summed E-state index contributed by atoms with van der Waals surface area (Å²) in [6.45, 7) is 6.10. The van der Waals surface area contributed by atoms with Gasteiger partial charge in [-0.1, -0.05) is 17.7 Å². The predicted octanol–water partition coefficient (Wildman–Crippen LogP) is 2.81. The zero-order valence-corrected chi connectivity index (χ0v) is 10.6. The molecule has 0 bridgehead atoms. The second-order valence-corrected chi connectivity index (χ2v) is 5.08. The molecule has 3 heteroatoms. The molecule has 2 nitrogen and oxygen atoms in total. The zero-order valence-electron chi connectivity index (χ0n) is 9.81. The van der Waals surface area contributed by atoms with Crippen LogP contribution in [0.5, 0.6) is 5.75 Å². The van der Waals surface area contributed by atoms with Gasteiger partial charge >= 0.3 is 0 Å². The van der Waals surface area contributed by atoms with Crippen molar-refractivity contribution >= 4 is 11.6 Å². The van der Waals surface area contributed by atoms with E-state index in [2.05, 4.69) is 11.4 Å². The highest BCUT2D eigenvalue weighted by Gasteiger charge is 2.18. The lowest BCUT2D eigenvalue weighted by Crippen LogP contribution is -2.11. The summed E-state index contributed by atoms with van der Waals surface area (Å²) < 4.78 is 0. The highest BCUT2D eigenvalue weighted by atomic mass is 35.5. The van der Waals surface area contributed by atoms with E-state index in [4.69, 9.17) is 11.6 Å². The topological polar surface area (TPSA) is 32.3 Å². The Kier molecular flexibility index (Phi) is 3.41. The Morgan fingerprint density at radius 3 is 2.88 bits per heavy atom. The van der Waals surface area contributed by atoms with E-state index in [0.29, 0.717) is 10.9 Å². The van der Waals surface area contributed by atoms with Crippen LogP contribution < -0.4 is 5.32 Å². The maximum absolute atomic E-state index is 9.73. The van der Waals surface area contributed by atoms with Crippen LogP contribution in [-0.2, 0) is 6.42 Å². The molecule has 2 rings (SSSR count). The van der Waals surface area contributed by atoms with Crippen LogP contribution in [0.4, 0.5) is 0 Å². The second kappa shape index (κ2) is 4.64. The van der Waals surface area contributed by atoms with Crippen molar-refractivity contribution in [2.75, 3.05) is 13.1 Å². The SMILES string of the molecule is Cc1cc(CC2CCNC2)c(C)c(Cl)c1O. The summed E-state index contributed by atoms with van der Waals surface area (Å²) in [7, 11) is 0. The molecule has 0 aliphatic carbocycles. The molecule has 0 aromatic heterocycles. The molecule has 1 atom stereocenters. The Bertz CT molecular complexity index is 397. The monoisotopic (exact) mass is 239 g/mol. The third-order valence-corrected chi connectivity index (χ3v) is 3.92. The molecule has 0 spiro atoms. The quantitative estimate of drug-likeness (QED) is 0.832. The average Bonchev–Trinajstić information content (AvgIpc) is 2.76. The first-order valence-corrected chi connectivity index (χ1v) is 6.15. The Morgan fingerprint density at radius 1 is 1.50 bits per heavy atom. The molecule has 1 fully saturated rings. The molecule has 16 heavy (non-hydrogen) atoms. The lowest BCUT2D eigenvalue weighted by Gasteiger charge is -2.14. The van der Waals surface area contributed by atoms with Gasteiger partial charge in [-0.15, -0.1) is 0 Å². The van der Waals surface area contributed by atoms with Crippen molar-refractivity contribution in [3.05, 3.63) is 27.8 Å². The second-order valence-electron chi connectivity index (χ2n) is 4.70. The third-order valence-electron chi connectivity index (χ3n) is 3.45. The number of benzene rings is 1. The molecular weight excluding hydrogens is 222 g/mol. The number of phenols is 1. The molecule has 0 radical (unpaired) electrons. The first-order chi connectivity index (χ1) is 7.59. The highest BCUT2D eigenvalue weighted by molar-refractivity contribution is 6.33. The fourth-order valence-corrected chi connectivity index (χ4v) is 2.61. The highest BCUT2D eigenvalue weighted by Crippen LogP contribution is 2.34. The van der Waals surface area contributed by atoms with Gasteiger partial charge < -0.3 is 10.4 Å². The molecule has 1 aliphatic heterocycles. The summed E-state index contributed by atoms with van der Waals surface area (Å²) in [5.41, 5.74) is 3.17. The minimum atomic E-state index is 0.229. The van der Waals surface area contributed by atoms with Crippen LogP contribution in [-0.4, -0.2) is 18.2 Å². The Morgan fingerprint density at radius 2 is 2.25 bits per heavy atom. The van der Waals surface area contributed by atoms with Gasteiger partial charge in [0.1, 0.15) is 5.75 Å². The van der Waals surface area contributed by atoms with E-state index in [1.54, 1.807) is 0 Å². The zero-order chi connectivity index (χ0) is 11.7. The molecule has 0 saturated carbocycles. The summed E-state index contributed by atoms with van der Waals surface area (Å²) in [4.78, 5) is 0. The maximum atomic E-state index is 9.73. The largest absolute Gasteiger partial charge is 0.506 e. The lowest BCUT2D eigenvalue weighted by atomic mass is 9.94.